The summed E-state index contributed by atoms with van der Waals surface area (Å²) in [5, 5.41) is 1.88. The van der Waals surface area contributed by atoms with Gasteiger partial charge in [-0.15, -0.1) is 0 Å². The van der Waals surface area contributed by atoms with Gasteiger partial charge >= 0.3 is 6.18 Å². The van der Waals surface area contributed by atoms with Crippen molar-refractivity contribution < 1.29 is 22.4 Å². The van der Waals surface area contributed by atoms with Gasteiger partial charge in [0.1, 0.15) is 5.82 Å². The van der Waals surface area contributed by atoms with Gasteiger partial charge in [0, 0.05) is 6.54 Å². The summed E-state index contributed by atoms with van der Waals surface area (Å²) >= 11 is 0.987. The third-order valence-corrected chi connectivity index (χ3v) is 6.32. The molecule has 1 unspecified atom stereocenters. The van der Waals surface area contributed by atoms with Crippen LogP contribution in [0, 0.1) is 11.7 Å². The third-order valence-electron chi connectivity index (χ3n) is 4.78. The first-order valence-electron chi connectivity index (χ1n) is 9.86. The van der Waals surface area contributed by atoms with Gasteiger partial charge in [-0.1, -0.05) is 37.7 Å². The molecule has 0 bridgehead atoms. The van der Waals surface area contributed by atoms with Crippen LogP contribution in [0.3, 0.4) is 0 Å². The van der Waals surface area contributed by atoms with E-state index in [4.69, 9.17) is 0 Å². The number of nitrogens with one attached hydrogen (secondary N) is 1. The van der Waals surface area contributed by atoms with E-state index in [1.165, 1.54) is 34.9 Å². The predicted molar refractivity (Wildman–Crippen MR) is 116 cm³/mol. The smallest absolute Gasteiger partial charge is 0.325 e. The molecule has 5 nitrogen and oxygen atoms in total. The van der Waals surface area contributed by atoms with Gasteiger partial charge in [0.05, 0.1) is 27.4 Å². The van der Waals surface area contributed by atoms with Crippen molar-refractivity contribution in [2.75, 3.05) is 5.32 Å². The van der Waals surface area contributed by atoms with E-state index in [-0.39, 0.29) is 34.2 Å². The van der Waals surface area contributed by atoms with Gasteiger partial charge in [0.2, 0.25) is 5.91 Å². The number of para-hydroxylation sites is 1. The summed E-state index contributed by atoms with van der Waals surface area (Å²) < 4.78 is 54.8. The largest absolute Gasteiger partial charge is 0.418 e. The molecule has 1 atom stereocenters. The van der Waals surface area contributed by atoms with Gasteiger partial charge in [-0.05, 0) is 43.2 Å². The first-order chi connectivity index (χ1) is 15.0. The molecule has 0 saturated carbocycles. The number of amides is 1. The molecule has 2 aromatic carbocycles. The molecule has 0 saturated heterocycles. The fraction of sp³-hybridized carbons (Fsp3) is 0.318. The molecule has 170 valence electrons. The summed E-state index contributed by atoms with van der Waals surface area (Å²) in [6, 6.07) is 8.39. The van der Waals surface area contributed by atoms with Crippen LogP contribution in [-0.4, -0.2) is 20.7 Å². The molecular weight excluding hydrogens is 446 g/mol. The predicted octanol–water partition coefficient (Wildman–Crippen LogP) is 5.33. The number of aromatic nitrogens is 2. The van der Waals surface area contributed by atoms with Gasteiger partial charge in [-0.3, -0.25) is 14.2 Å². The van der Waals surface area contributed by atoms with E-state index in [9.17, 15) is 27.2 Å². The van der Waals surface area contributed by atoms with E-state index in [0.717, 1.165) is 23.9 Å². The Balaban J connectivity index is 1.98. The summed E-state index contributed by atoms with van der Waals surface area (Å²) in [5.74, 6) is -1.50. The summed E-state index contributed by atoms with van der Waals surface area (Å²) in [6.07, 6.45) is -4.62. The SMILES string of the molecule is CCn1c(SC(C(=O)Nc2ccccc2C(F)(F)F)C(C)C)nc2ccc(F)cc2c1=O. The van der Waals surface area contributed by atoms with Crippen LogP contribution in [0.25, 0.3) is 10.9 Å². The number of thioether (sulfide) groups is 1. The molecule has 1 N–H and O–H groups in total. The zero-order valence-electron chi connectivity index (χ0n) is 17.5. The number of anilines is 1. The number of hydrogen-bond acceptors (Lipinski definition) is 4. The van der Waals surface area contributed by atoms with Crippen molar-refractivity contribution >= 4 is 34.3 Å². The Hall–Kier alpha value is -2.88. The maximum absolute atomic E-state index is 13.6. The maximum Gasteiger partial charge on any atom is 0.418 e. The van der Waals surface area contributed by atoms with Crippen molar-refractivity contribution in [2.45, 2.75) is 43.9 Å². The van der Waals surface area contributed by atoms with Crippen LogP contribution in [0.15, 0.2) is 52.4 Å². The third kappa shape index (κ3) is 4.95. The lowest BCUT2D eigenvalue weighted by Crippen LogP contribution is -2.32. The van der Waals surface area contributed by atoms with Gasteiger partial charge in [-0.2, -0.15) is 13.2 Å². The number of halogens is 4. The molecular formula is C22H21F4N3O2S. The van der Waals surface area contributed by atoms with Crippen molar-refractivity contribution in [2.24, 2.45) is 5.92 Å². The summed E-state index contributed by atoms with van der Waals surface area (Å²) in [5.41, 5.74) is -1.47. The second kappa shape index (κ2) is 9.32. The van der Waals surface area contributed by atoms with Gasteiger partial charge in [-0.25, -0.2) is 9.37 Å². The lowest BCUT2D eigenvalue weighted by Gasteiger charge is -2.22. The second-order valence-corrected chi connectivity index (χ2v) is 8.53. The van der Waals surface area contributed by atoms with Crippen LogP contribution in [0.2, 0.25) is 0 Å². The van der Waals surface area contributed by atoms with Crippen molar-refractivity contribution in [3.63, 3.8) is 0 Å². The highest BCUT2D eigenvalue weighted by molar-refractivity contribution is 8.00. The molecule has 0 aliphatic carbocycles. The molecule has 0 aliphatic heterocycles. The molecule has 32 heavy (non-hydrogen) atoms. The molecule has 0 radical (unpaired) electrons. The number of benzene rings is 2. The Morgan fingerprint density at radius 2 is 1.88 bits per heavy atom. The van der Waals surface area contributed by atoms with E-state index in [1.807, 2.05) is 0 Å². The van der Waals surface area contributed by atoms with Crippen LogP contribution >= 0.6 is 11.8 Å². The molecule has 1 aromatic heterocycles. The second-order valence-electron chi connectivity index (χ2n) is 7.42. The Kier molecular flexibility index (Phi) is 6.92. The van der Waals surface area contributed by atoms with E-state index in [2.05, 4.69) is 10.3 Å². The minimum atomic E-state index is -4.62. The Labute approximate surface area is 185 Å². The highest BCUT2D eigenvalue weighted by Crippen LogP contribution is 2.35. The van der Waals surface area contributed by atoms with E-state index < -0.39 is 34.3 Å². The minimum absolute atomic E-state index is 0.112. The van der Waals surface area contributed by atoms with Crippen molar-refractivity contribution in [1.29, 1.82) is 0 Å². The lowest BCUT2D eigenvalue weighted by molar-refractivity contribution is -0.137. The number of carbonyl (C=O) groups excluding carboxylic acids is 1. The molecule has 3 aromatic rings. The van der Waals surface area contributed by atoms with Crippen LogP contribution in [0.5, 0.6) is 0 Å². The number of alkyl halides is 3. The molecule has 1 amide bonds. The normalized spacial score (nSPS) is 12.9. The number of fused-ring (bicyclic) bond motifs is 1. The fourth-order valence-corrected chi connectivity index (χ4v) is 4.35. The number of nitrogens with zero attached hydrogens (tertiary/aromatic N) is 2. The molecule has 0 spiro atoms. The Morgan fingerprint density at radius 1 is 1.19 bits per heavy atom. The van der Waals surface area contributed by atoms with Crippen molar-refractivity contribution in [3.8, 4) is 0 Å². The quantitative estimate of drug-likeness (QED) is 0.302. The maximum atomic E-state index is 13.6. The summed E-state index contributed by atoms with van der Waals surface area (Å²) in [7, 11) is 0. The standard InChI is InChI=1S/C22H21F4N3O2S/c1-4-29-20(31)14-11-13(23)9-10-16(14)28-21(29)32-18(12(2)3)19(30)27-17-8-6-5-7-15(17)22(24,25)26/h5-12,18H,4H2,1-3H3,(H,27,30). The highest BCUT2D eigenvalue weighted by Gasteiger charge is 2.35. The van der Waals surface area contributed by atoms with Crippen molar-refractivity contribution in [3.05, 3.63) is 64.2 Å². The zero-order chi connectivity index (χ0) is 23.6. The average Bonchev–Trinajstić information content (AvgIpc) is 2.72. The Morgan fingerprint density at radius 3 is 2.50 bits per heavy atom. The van der Waals surface area contributed by atoms with E-state index in [1.54, 1.807) is 20.8 Å². The first-order valence-corrected chi connectivity index (χ1v) is 10.7. The first kappa shape index (κ1) is 23.8. The summed E-state index contributed by atoms with van der Waals surface area (Å²) in [6.45, 7) is 5.43. The van der Waals surface area contributed by atoms with Gasteiger partial charge < -0.3 is 5.32 Å². The van der Waals surface area contributed by atoms with Crippen LogP contribution in [0.1, 0.15) is 26.3 Å². The monoisotopic (exact) mass is 467 g/mol. The molecule has 0 aliphatic rings. The topological polar surface area (TPSA) is 64.0 Å². The van der Waals surface area contributed by atoms with Gasteiger partial charge in [0.15, 0.2) is 5.16 Å². The zero-order valence-corrected chi connectivity index (χ0v) is 18.4. The van der Waals surface area contributed by atoms with Gasteiger partial charge in [0.25, 0.3) is 5.56 Å². The lowest BCUT2D eigenvalue weighted by atomic mass is 10.1. The highest BCUT2D eigenvalue weighted by atomic mass is 32.2. The molecule has 10 heteroatoms. The van der Waals surface area contributed by atoms with Crippen LogP contribution < -0.4 is 10.9 Å². The minimum Gasteiger partial charge on any atom is -0.325 e. The molecule has 3 rings (SSSR count). The van der Waals surface area contributed by atoms with Crippen molar-refractivity contribution in [1.82, 2.24) is 9.55 Å². The average molecular weight is 467 g/mol. The fourth-order valence-electron chi connectivity index (χ4n) is 3.19. The molecule has 0 fully saturated rings. The number of rotatable bonds is 6. The van der Waals surface area contributed by atoms with Crippen LogP contribution in [-0.2, 0) is 17.5 Å². The van der Waals surface area contributed by atoms with Crippen LogP contribution in [0.4, 0.5) is 23.2 Å². The van der Waals surface area contributed by atoms with E-state index in [0.29, 0.717) is 0 Å². The number of hydrogen-bond donors (Lipinski definition) is 1. The number of carbonyl (C=O) groups is 1. The Bertz CT molecular complexity index is 1210. The summed E-state index contributed by atoms with van der Waals surface area (Å²) in [4.78, 5) is 30.2. The van der Waals surface area contributed by atoms with E-state index >= 15 is 0 Å². The molecule has 1 heterocycles.